The monoisotopic (exact) mass is 510 g/mol. The fourth-order valence-corrected chi connectivity index (χ4v) is 5.23. The molecule has 0 spiro atoms. The molecule has 0 saturated carbocycles. The molecule has 1 aliphatic carbocycles. The molecule has 35 heavy (non-hydrogen) atoms. The Morgan fingerprint density at radius 2 is 1.23 bits per heavy atom. The number of halogens is 2. The van der Waals surface area contributed by atoms with Gasteiger partial charge in [0.15, 0.2) is 5.75 Å². The van der Waals surface area contributed by atoms with Gasteiger partial charge in [-0.2, -0.15) is 0 Å². The highest BCUT2D eigenvalue weighted by atomic mass is 35.5. The molecule has 2 nitrogen and oxygen atoms in total. The van der Waals surface area contributed by atoms with E-state index in [1.165, 1.54) is 5.56 Å². The predicted molar refractivity (Wildman–Crippen MR) is 142 cm³/mol. The fraction of sp³-hybridized carbons (Fsp3) is 0.100. The van der Waals surface area contributed by atoms with Gasteiger partial charge in [-0.25, -0.2) is 4.98 Å². The van der Waals surface area contributed by atoms with Crippen LogP contribution >= 0.6 is 35.0 Å². The van der Waals surface area contributed by atoms with Gasteiger partial charge in [-0.1, -0.05) is 46.8 Å². The fourth-order valence-electron chi connectivity index (χ4n) is 3.89. The van der Waals surface area contributed by atoms with E-state index >= 15 is 0 Å². The van der Waals surface area contributed by atoms with Crippen molar-refractivity contribution in [2.24, 2.45) is 0 Å². The van der Waals surface area contributed by atoms with Gasteiger partial charge < -0.3 is 0 Å². The van der Waals surface area contributed by atoms with Gasteiger partial charge in [-0.15, -0.1) is 0 Å². The van der Waals surface area contributed by atoms with Gasteiger partial charge in [0, 0.05) is 36.5 Å². The van der Waals surface area contributed by atoms with E-state index in [4.69, 9.17) is 23.2 Å². The largest absolute Gasteiger partial charge is 0.290 e. The van der Waals surface area contributed by atoms with Crippen LogP contribution in [0.3, 0.4) is 0 Å². The van der Waals surface area contributed by atoms with Gasteiger partial charge in [0.05, 0.1) is 0 Å². The average Bonchev–Trinajstić information content (AvgIpc) is 3.37. The summed E-state index contributed by atoms with van der Waals surface area (Å²) in [6.45, 7) is 0. The van der Waals surface area contributed by atoms with Crippen molar-refractivity contribution in [1.29, 1.82) is 0 Å². The number of hydrogen-bond donors (Lipinski definition) is 0. The van der Waals surface area contributed by atoms with E-state index in [-0.39, 0.29) is 5.75 Å². The zero-order valence-corrected chi connectivity index (χ0v) is 20.9. The molecule has 1 radical (unpaired) electrons. The molecule has 0 N–H and O–H groups in total. The van der Waals surface area contributed by atoms with Crippen LogP contribution in [0.4, 0.5) is 0 Å². The molecule has 5 heteroatoms. The Morgan fingerprint density at radius 1 is 0.686 bits per heavy atom. The molecule has 5 rings (SSSR count). The first-order valence-electron chi connectivity index (χ1n) is 11.1. The first kappa shape index (κ1) is 23.4. The summed E-state index contributed by atoms with van der Waals surface area (Å²) in [4.78, 5) is 6.75. The highest BCUT2D eigenvalue weighted by Crippen LogP contribution is 2.40. The molecule has 1 aromatic heterocycles. The van der Waals surface area contributed by atoms with Crippen molar-refractivity contribution in [2.75, 3.05) is 0 Å². The number of aromatic nitrogens is 1. The van der Waals surface area contributed by atoms with Crippen molar-refractivity contribution in [3.63, 3.8) is 0 Å². The summed E-state index contributed by atoms with van der Waals surface area (Å²) >= 11 is 13.6. The lowest BCUT2D eigenvalue weighted by Crippen LogP contribution is -1.92. The zero-order chi connectivity index (χ0) is 24.2. The van der Waals surface area contributed by atoms with Crippen molar-refractivity contribution in [1.82, 2.24) is 4.98 Å². The normalized spacial score (nSPS) is 11.7. The predicted octanol–water partition coefficient (Wildman–Crippen LogP) is 7.97. The maximum atomic E-state index is 12.2. The number of fused-ring (bicyclic) bond motifs is 1. The molecule has 0 aliphatic heterocycles. The highest BCUT2D eigenvalue weighted by Gasteiger charge is 2.20. The lowest BCUT2D eigenvalue weighted by Gasteiger charge is -2.09. The molecule has 0 amide bonds. The summed E-state index contributed by atoms with van der Waals surface area (Å²) in [5, 5.41) is 13.6. The number of pyridine rings is 1. The quantitative estimate of drug-likeness (QED) is 0.256. The summed E-state index contributed by atoms with van der Waals surface area (Å²) in [7, 11) is 0. The highest BCUT2D eigenvalue weighted by molar-refractivity contribution is 7.99. The minimum Gasteiger partial charge on any atom is -0.290 e. The summed E-state index contributed by atoms with van der Waals surface area (Å²) in [5.74, 6) is 12.8. The molecule has 3 aromatic carbocycles. The van der Waals surface area contributed by atoms with Crippen LogP contribution in [0.1, 0.15) is 40.1 Å². The van der Waals surface area contributed by atoms with Crippen LogP contribution in [0, 0.1) is 23.7 Å². The summed E-state index contributed by atoms with van der Waals surface area (Å²) in [6, 6.07) is 22.3. The number of hydrogen-bond acceptors (Lipinski definition) is 2. The van der Waals surface area contributed by atoms with Crippen molar-refractivity contribution < 1.29 is 5.11 Å². The Kier molecular flexibility index (Phi) is 7.03. The Balaban J connectivity index is 1.52. The third-order valence-corrected chi connectivity index (χ3v) is 7.16. The van der Waals surface area contributed by atoms with Gasteiger partial charge in [-0.05, 0) is 109 Å². The molecular formula is C30H18Cl2NOS. The minimum atomic E-state index is 0.139. The minimum absolute atomic E-state index is 0.139. The number of benzene rings is 3. The van der Waals surface area contributed by atoms with Gasteiger partial charge in [-0.3, -0.25) is 5.11 Å². The topological polar surface area (TPSA) is 32.8 Å². The Morgan fingerprint density at radius 3 is 1.80 bits per heavy atom. The van der Waals surface area contributed by atoms with E-state index in [0.29, 0.717) is 21.4 Å². The smallest absolute Gasteiger partial charge is 0.182 e. The Hall–Kier alpha value is -3.34. The first-order valence-corrected chi connectivity index (χ1v) is 12.7. The van der Waals surface area contributed by atoms with Gasteiger partial charge in [0.1, 0.15) is 11.4 Å². The second-order valence-electron chi connectivity index (χ2n) is 8.06. The van der Waals surface area contributed by atoms with E-state index in [1.54, 1.807) is 17.8 Å². The third-order valence-electron chi connectivity index (χ3n) is 5.58. The van der Waals surface area contributed by atoms with E-state index in [9.17, 15) is 5.11 Å². The second-order valence-corrected chi connectivity index (χ2v) is 10.0. The van der Waals surface area contributed by atoms with E-state index < -0.39 is 0 Å². The average molecular weight is 511 g/mol. The SMILES string of the molecule is [O]c1ccc(Sc2cc(C#Cc3ccc(Cl)cc3)nc(C#Cc3ccc(Cl)cc3)c2)c2c1CCC2. The van der Waals surface area contributed by atoms with Crippen molar-refractivity contribution in [2.45, 2.75) is 29.1 Å². The van der Waals surface area contributed by atoms with Crippen molar-refractivity contribution >= 4 is 35.0 Å². The molecule has 1 aliphatic rings. The second kappa shape index (κ2) is 10.5. The molecule has 0 bridgehead atoms. The summed E-state index contributed by atoms with van der Waals surface area (Å²) in [5.41, 5.74) is 5.08. The maximum absolute atomic E-state index is 12.2. The number of rotatable bonds is 2. The lowest BCUT2D eigenvalue weighted by molar-refractivity contribution is 0.350. The summed E-state index contributed by atoms with van der Waals surface area (Å²) < 4.78 is 0. The van der Waals surface area contributed by atoms with Gasteiger partial charge >= 0.3 is 0 Å². The van der Waals surface area contributed by atoms with Gasteiger partial charge in [0.25, 0.3) is 0 Å². The van der Waals surface area contributed by atoms with E-state index in [0.717, 1.165) is 45.7 Å². The van der Waals surface area contributed by atoms with Crippen molar-refractivity contribution in [3.8, 4) is 29.4 Å². The van der Waals surface area contributed by atoms with Crippen LogP contribution in [0.2, 0.25) is 10.0 Å². The third kappa shape index (κ3) is 5.84. The van der Waals surface area contributed by atoms with Crippen molar-refractivity contribution in [3.05, 3.63) is 116 Å². The molecule has 0 atom stereocenters. The number of nitrogens with zero attached hydrogens (tertiary/aromatic N) is 1. The van der Waals surface area contributed by atoms with Gasteiger partial charge in [0.2, 0.25) is 0 Å². The van der Waals surface area contributed by atoms with Crippen LogP contribution in [-0.2, 0) is 17.9 Å². The standard InChI is InChI=1S/C30H18Cl2NOS/c31-22-10-4-20(5-11-22)8-14-24-18-26(35-30-17-16-29(34)27-2-1-3-28(27)30)19-25(33-24)15-9-21-6-12-23(32)13-7-21/h4-7,10-13,16-19H,1-3H2. The molecule has 4 aromatic rings. The van der Waals surface area contributed by atoms with Crippen LogP contribution in [-0.4, -0.2) is 4.98 Å². The van der Waals surface area contributed by atoms with Crippen LogP contribution in [0.5, 0.6) is 5.75 Å². The molecule has 1 heterocycles. The van der Waals surface area contributed by atoms with Crippen LogP contribution in [0.15, 0.2) is 82.6 Å². The summed E-state index contributed by atoms with van der Waals surface area (Å²) in [6.07, 6.45) is 2.81. The lowest BCUT2D eigenvalue weighted by atomic mass is 10.1. The maximum Gasteiger partial charge on any atom is 0.182 e. The molecule has 0 unspecified atom stereocenters. The van der Waals surface area contributed by atoms with E-state index in [1.807, 2.05) is 66.7 Å². The molecular weight excluding hydrogens is 493 g/mol. The molecule has 0 fully saturated rings. The Bertz CT molecular complexity index is 1440. The first-order chi connectivity index (χ1) is 17.0. The van der Waals surface area contributed by atoms with Crippen LogP contribution < -0.4 is 0 Å². The zero-order valence-electron chi connectivity index (χ0n) is 18.6. The van der Waals surface area contributed by atoms with Crippen LogP contribution in [0.25, 0.3) is 0 Å². The Labute approximate surface area is 219 Å². The van der Waals surface area contributed by atoms with E-state index in [2.05, 4.69) is 28.7 Å². The molecule has 169 valence electrons. The molecule has 0 saturated heterocycles.